The van der Waals surface area contributed by atoms with E-state index in [0.717, 1.165) is 24.1 Å². The number of ether oxygens (including phenoxy) is 1. The summed E-state index contributed by atoms with van der Waals surface area (Å²) in [7, 11) is 1.60. The molecule has 0 saturated heterocycles. The number of amides is 1. The van der Waals surface area contributed by atoms with E-state index in [1.807, 2.05) is 25.3 Å². The molecule has 0 radical (unpaired) electrons. The summed E-state index contributed by atoms with van der Waals surface area (Å²) >= 11 is 1.48. The minimum atomic E-state index is -0.241. The van der Waals surface area contributed by atoms with Crippen molar-refractivity contribution in [1.82, 2.24) is 5.32 Å². The Hall–Kier alpha value is -3.63. The van der Waals surface area contributed by atoms with Crippen molar-refractivity contribution in [3.05, 3.63) is 71.3 Å². The van der Waals surface area contributed by atoms with Gasteiger partial charge in [-0.2, -0.15) is 0 Å². The summed E-state index contributed by atoms with van der Waals surface area (Å²) in [5.41, 5.74) is 11.4. The third-order valence-corrected chi connectivity index (χ3v) is 6.66. The first-order valence-electron chi connectivity index (χ1n) is 13.0. The van der Waals surface area contributed by atoms with Crippen LogP contribution in [0.1, 0.15) is 68.9 Å². The number of methoxy groups -OCH3 is 1. The number of allylic oxidation sites excluding steroid dienone is 1. The number of aliphatic imine (C=N–C) groups is 1. The van der Waals surface area contributed by atoms with Gasteiger partial charge in [0.15, 0.2) is 5.75 Å². The molecule has 2 aromatic carbocycles. The highest BCUT2D eigenvalue weighted by Crippen LogP contribution is 2.51. The topological polar surface area (TPSA) is 130 Å². The quantitative estimate of drug-likeness (QED) is 0.102. The number of carbonyl (C=O) groups excluding carboxylic acids is 1. The molecule has 7 N–H and O–H groups in total. The van der Waals surface area contributed by atoms with E-state index < -0.39 is 0 Å². The minimum Gasteiger partial charge on any atom is -0.492 e. The van der Waals surface area contributed by atoms with Crippen LogP contribution in [0.15, 0.2) is 59.6 Å². The highest BCUT2D eigenvalue weighted by Gasteiger charge is 2.40. The van der Waals surface area contributed by atoms with Gasteiger partial charge in [0.2, 0.25) is 0 Å². The molecule has 0 spiro atoms. The Kier molecular flexibility index (Phi) is 11.5. The van der Waals surface area contributed by atoms with Crippen molar-refractivity contribution in [1.29, 1.82) is 0 Å². The van der Waals surface area contributed by atoms with Gasteiger partial charge in [0, 0.05) is 41.7 Å². The maximum Gasteiger partial charge on any atom is 0.255 e. The summed E-state index contributed by atoms with van der Waals surface area (Å²) in [5.74, 6) is 6.47. The first-order valence-corrected chi connectivity index (χ1v) is 14.3. The van der Waals surface area contributed by atoms with Crippen molar-refractivity contribution in [2.24, 2.45) is 16.6 Å². The van der Waals surface area contributed by atoms with Gasteiger partial charge < -0.3 is 25.8 Å². The summed E-state index contributed by atoms with van der Waals surface area (Å²) in [4.78, 5) is 16.7. The van der Waals surface area contributed by atoms with E-state index in [4.69, 9.17) is 16.3 Å². The Balaban J connectivity index is 0.000000536. The number of benzene rings is 2. The van der Waals surface area contributed by atoms with Crippen LogP contribution in [0.2, 0.25) is 0 Å². The number of rotatable bonds is 10. The first kappa shape index (κ1) is 32.6. The van der Waals surface area contributed by atoms with Crippen LogP contribution in [0.3, 0.4) is 0 Å². The van der Waals surface area contributed by atoms with Crippen LogP contribution in [0.5, 0.6) is 5.75 Å². The average molecular weight is 568 g/mol. The van der Waals surface area contributed by atoms with Crippen molar-refractivity contribution in [2.45, 2.75) is 65.3 Å². The number of hydrazine groups is 1. The summed E-state index contributed by atoms with van der Waals surface area (Å²) in [6.45, 7) is 15.5. The van der Waals surface area contributed by atoms with Gasteiger partial charge in [-0.25, -0.2) is 5.84 Å². The molecule has 1 amide bonds. The average Bonchev–Trinajstić information content (AvgIpc) is 3.62. The monoisotopic (exact) mass is 567 g/mol. The molecule has 1 saturated carbocycles. The molecule has 0 atom stereocenters. The van der Waals surface area contributed by atoms with E-state index in [1.54, 1.807) is 44.8 Å². The highest BCUT2D eigenvalue weighted by atomic mass is 32.2. The van der Waals surface area contributed by atoms with Crippen molar-refractivity contribution in [2.75, 3.05) is 28.4 Å². The van der Waals surface area contributed by atoms with Crippen molar-refractivity contribution < 1.29 is 9.53 Å². The zero-order valence-electron chi connectivity index (χ0n) is 25.0. The van der Waals surface area contributed by atoms with Gasteiger partial charge in [0.05, 0.1) is 24.2 Å². The van der Waals surface area contributed by atoms with Crippen molar-refractivity contribution >= 4 is 41.6 Å². The molecular formula is C30H45N7O2S. The number of nitrogens with two attached hydrogens (primary N) is 2. The second kappa shape index (κ2) is 14.1. The zero-order chi connectivity index (χ0) is 30.1. The highest BCUT2D eigenvalue weighted by molar-refractivity contribution is 7.99. The smallest absolute Gasteiger partial charge is 0.255 e. The number of aryl methyl sites for hydroxylation is 1. The molecule has 3 rings (SSSR count). The number of hydrogen-bond acceptors (Lipinski definition) is 9. The van der Waals surface area contributed by atoms with Gasteiger partial charge in [0.1, 0.15) is 0 Å². The fraction of sp³-hybridized carbons (Fsp3) is 0.400. The lowest BCUT2D eigenvalue weighted by molar-refractivity contribution is 0.102. The van der Waals surface area contributed by atoms with Crippen LogP contribution in [-0.4, -0.2) is 31.5 Å². The number of anilines is 3. The van der Waals surface area contributed by atoms with E-state index >= 15 is 0 Å². The molecule has 1 aliphatic rings. The molecule has 218 valence electrons. The van der Waals surface area contributed by atoms with Gasteiger partial charge in [-0.3, -0.25) is 14.8 Å². The van der Waals surface area contributed by atoms with Gasteiger partial charge in [-0.05, 0) is 95.0 Å². The van der Waals surface area contributed by atoms with Gasteiger partial charge in [-0.1, -0.05) is 24.9 Å². The van der Waals surface area contributed by atoms with E-state index in [0.29, 0.717) is 28.4 Å². The Bertz CT molecular complexity index is 1240. The first-order chi connectivity index (χ1) is 18.7. The van der Waals surface area contributed by atoms with Crippen LogP contribution in [0, 0.1) is 6.92 Å². The maximum absolute atomic E-state index is 13.1. The number of carbonyl (C=O) groups is 1. The molecule has 0 unspecified atom stereocenters. The Morgan fingerprint density at radius 1 is 1.23 bits per heavy atom. The molecule has 0 aromatic heterocycles. The molecule has 0 bridgehead atoms. The Morgan fingerprint density at radius 2 is 1.88 bits per heavy atom. The van der Waals surface area contributed by atoms with Crippen LogP contribution < -0.4 is 36.7 Å². The van der Waals surface area contributed by atoms with Crippen LogP contribution in [-0.2, 0) is 5.41 Å². The van der Waals surface area contributed by atoms with E-state index in [1.165, 1.54) is 22.5 Å². The predicted octanol–water partition coefficient (Wildman–Crippen LogP) is 6.04. The van der Waals surface area contributed by atoms with Crippen LogP contribution in [0.25, 0.3) is 0 Å². The lowest BCUT2D eigenvalue weighted by atomic mass is 9.96. The summed E-state index contributed by atoms with van der Waals surface area (Å²) in [5, 5.41) is 7.57. The predicted molar refractivity (Wildman–Crippen MR) is 172 cm³/mol. The third-order valence-electron chi connectivity index (χ3n) is 6.24. The molecule has 1 aliphatic carbocycles. The maximum atomic E-state index is 13.1. The summed E-state index contributed by atoms with van der Waals surface area (Å²) in [6, 6.07) is 9.52. The number of hydrogen-bond donors (Lipinski definition) is 5. The molecule has 40 heavy (non-hydrogen) atoms. The van der Waals surface area contributed by atoms with Gasteiger partial charge in [-0.15, -0.1) is 0 Å². The largest absolute Gasteiger partial charge is 0.492 e. The molecule has 0 aliphatic heterocycles. The Labute approximate surface area is 243 Å². The minimum absolute atomic E-state index is 0.126. The lowest BCUT2D eigenvalue weighted by Crippen LogP contribution is -2.30. The van der Waals surface area contributed by atoms with E-state index in [2.05, 4.69) is 60.8 Å². The standard InChI is InChI=1S/C23H31N5O2S.C7H14N2/c1-14-6-7-16(10-20(14)28(25)13-15(2)24)22(29)26-18-11-17(23(3)8-9-23)12-19(27-31-5)21(18)30-4;1-7(2,3)9-6-5-8-4/h6-7,10-13,27H,8-9,24-25H2,1-5H3,(H,26,29);5-6,9H,4H2,1-3H3/b15-13-;6-5-. The summed E-state index contributed by atoms with van der Waals surface area (Å²) in [6.07, 6.45) is 9.25. The molecule has 9 nitrogen and oxygen atoms in total. The van der Waals surface area contributed by atoms with E-state index in [9.17, 15) is 4.79 Å². The van der Waals surface area contributed by atoms with Gasteiger partial charge in [0.25, 0.3) is 5.91 Å². The number of nitrogens with one attached hydrogen (secondary N) is 3. The SMILES string of the molecule is C=N/C=C\NC(C)(C)C.COc1c(NSC)cc(C2(C)CC2)cc1NC(=O)c1ccc(C)c(N(N)/C=C(/C)N)c1. The van der Waals surface area contributed by atoms with Gasteiger partial charge >= 0.3 is 0 Å². The fourth-order valence-corrected chi connectivity index (χ4v) is 4.18. The molecule has 10 heteroatoms. The lowest BCUT2D eigenvalue weighted by Gasteiger charge is -2.20. The number of nitrogens with zero attached hydrogens (tertiary/aromatic N) is 2. The van der Waals surface area contributed by atoms with Crippen molar-refractivity contribution in [3.8, 4) is 5.75 Å². The third kappa shape index (κ3) is 9.53. The second-order valence-corrected chi connectivity index (χ2v) is 11.7. The second-order valence-electron chi connectivity index (χ2n) is 11.1. The Morgan fingerprint density at radius 3 is 2.40 bits per heavy atom. The molecule has 2 aromatic rings. The van der Waals surface area contributed by atoms with Crippen molar-refractivity contribution in [3.63, 3.8) is 0 Å². The molecular weight excluding hydrogens is 522 g/mol. The van der Waals surface area contributed by atoms with E-state index in [-0.39, 0.29) is 16.9 Å². The van der Waals surface area contributed by atoms with Crippen LogP contribution in [0.4, 0.5) is 17.1 Å². The molecule has 1 fully saturated rings. The summed E-state index contributed by atoms with van der Waals surface area (Å²) < 4.78 is 8.91. The van der Waals surface area contributed by atoms with Crippen LogP contribution >= 0.6 is 11.9 Å². The fourth-order valence-electron chi connectivity index (χ4n) is 3.80. The zero-order valence-corrected chi connectivity index (χ0v) is 25.8. The normalized spacial score (nSPS) is 14.1. The molecule has 0 heterocycles.